The molecule has 0 saturated carbocycles. The standard InChI is InChI=1S/C44H31N5/c45-40-25-39(33-12-2-7-17-38(33)44(40)49-48-32-21-19-28(20-22-32)30-11-9-23-46-26-30)43-36-15-5-3-13-34(36)42(35-14-4-6-16-37(35)43)31-24-29-10-1-8-18-41(29)47-27-31/h1-21,23-27,32,45,48H,22H2/p+1/b45-40?,49-44-. The highest BCUT2D eigenvalue weighted by Crippen LogP contribution is 2.44. The number of hydrogen-bond acceptors (Lipinski definition) is 4. The zero-order valence-corrected chi connectivity index (χ0v) is 26.7. The lowest BCUT2D eigenvalue weighted by atomic mass is 9.80. The van der Waals surface area contributed by atoms with Crippen LogP contribution in [0.4, 0.5) is 0 Å². The topological polar surface area (TPSA) is 75.8 Å². The third-order valence-electron chi connectivity index (χ3n) is 9.56. The van der Waals surface area contributed by atoms with Gasteiger partial charge in [0.05, 0.1) is 11.6 Å². The van der Waals surface area contributed by atoms with Gasteiger partial charge in [-0.1, -0.05) is 115 Å². The van der Waals surface area contributed by atoms with Crippen LogP contribution in [0.2, 0.25) is 0 Å². The maximum Gasteiger partial charge on any atom is 0.225 e. The van der Waals surface area contributed by atoms with E-state index in [4.69, 9.17) is 15.5 Å². The van der Waals surface area contributed by atoms with Gasteiger partial charge >= 0.3 is 0 Å². The molecule has 5 aromatic carbocycles. The molecule has 0 radical (unpaired) electrons. The highest BCUT2D eigenvalue weighted by Gasteiger charge is 2.29. The van der Waals surface area contributed by atoms with Gasteiger partial charge in [0.2, 0.25) is 5.71 Å². The predicted octanol–water partition coefficient (Wildman–Crippen LogP) is 7.95. The largest absolute Gasteiger partial charge is 0.302 e. The van der Waals surface area contributed by atoms with Crippen molar-refractivity contribution in [3.05, 3.63) is 180 Å². The fourth-order valence-corrected chi connectivity index (χ4v) is 7.26. The van der Waals surface area contributed by atoms with Crippen LogP contribution in [0.1, 0.15) is 28.7 Å². The SMILES string of the molecule is [NH2+]=C1C=C(c2c3ccccc3c(-c3cnc4ccccc4c3)c3ccccc23)c2ccccc2/C1=N/NC1C=CC(c2cccnc2)=CC1. The first kappa shape index (κ1) is 28.7. The lowest BCUT2D eigenvalue weighted by Crippen LogP contribution is -2.46. The summed E-state index contributed by atoms with van der Waals surface area (Å²) in [6.45, 7) is 0. The van der Waals surface area contributed by atoms with E-state index in [0.29, 0.717) is 5.71 Å². The molecule has 0 bridgehead atoms. The van der Waals surface area contributed by atoms with Gasteiger partial charge in [0.1, 0.15) is 0 Å². The number of nitrogens with one attached hydrogen (secondary N) is 1. The Labute approximate surface area is 284 Å². The van der Waals surface area contributed by atoms with E-state index < -0.39 is 0 Å². The van der Waals surface area contributed by atoms with Crippen molar-refractivity contribution in [1.82, 2.24) is 15.4 Å². The summed E-state index contributed by atoms with van der Waals surface area (Å²) in [7, 11) is 0. The molecule has 1 unspecified atom stereocenters. The summed E-state index contributed by atoms with van der Waals surface area (Å²) in [5.74, 6) is 0. The molecular formula is C44H32N5+. The molecule has 232 valence electrons. The zero-order chi connectivity index (χ0) is 32.7. The number of pyridine rings is 2. The van der Waals surface area contributed by atoms with Crippen LogP contribution in [-0.2, 0) is 0 Å². The second-order valence-electron chi connectivity index (χ2n) is 12.5. The summed E-state index contributed by atoms with van der Waals surface area (Å²) < 4.78 is 0. The minimum Gasteiger partial charge on any atom is -0.302 e. The van der Waals surface area contributed by atoms with Crippen molar-refractivity contribution in [2.24, 2.45) is 5.10 Å². The zero-order valence-electron chi connectivity index (χ0n) is 26.7. The van der Waals surface area contributed by atoms with Crippen molar-refractivity contribution < 1.29 is 5.41 Å². The molecule has 5 nitrogen and oxygen atoms in total. The number of nitrogens with two attached hydrogens (primary N) is 1. The molecule has 2 heterocycles. The molecule has 2 aromatic heterocycles. The molecule has 1 atom stereocenters. The van der Waals surface area contributed by atoms with Gasteiger partial charge in [-0.15, -0.1) is 0 Å². The molecule has 0 saturated heterocycles. The summed E-state index contributed by atoms with van der Waals surface area (Å²) in [4.78, 5) is 9.10. The molecule has 2 aliphatic rings. The Kier molecular flexibility index (Phi) is 7.02. The van der Waals surface area contributed by atoms with Crippen molar-refractivity contribution in [2.45, 2.75) is 12.5 Å². The average molecular weight is 631 g/mol. The molecule has 0 amide bonds. The summed E-state index contributed by atoms with van der Waals surface area (Å²) in [5, 5.41) is 17.6. The average Bonchev–Trinajstić information content (AvgIpc) is 3.17. The highest BCUT2D eigenvalue weighted by molar-refractivity contribution is 6.53. The van der Waals surface area contributed by atoms with Gasteiger partial charge < -0.3 is 5.43 Å². The number of hydrogen-bond donors (Lipinski definition) is 2. The van der Waals surface area contributed by atoms with E-state index in [0.717, 1.165) is 56.4 Å². The van der Waals surface area contributed by atoms with Gasteiger partial charge in [-0.2, -0.15) is 5.10 Å². The number of hydrazone groups is 1. The fourth-order valence-electron chi connectivity index (χ4n) is 7.26. The Balaban J connectivity index is 1.15. The van der Waals surface area contributed by atoms with Gasteiger partial charge in [0.25, 0.3) is 0 Å². The lowest BCUT2D eigenvalue weighted by Gasteiger charge is -2.23. The lowest BCUT2D eigenvalue weighted by molar-refractivity contribution is -0.108. The highest BCUT2D eigenvalue weighted by atomic mass is 15.3. The molecular weight excluding hydrogens is 599 g/mol. The van der Waals surface area contributed by atoms with E-state index in [1.165, 1.54) is 32.7 Å². The second kappa shape index (κ2) is 12.0. The number of fused-ring (bicyclic) bond motifs is 4. The molecule has 9 rings (SSSR count). The first-order chi connectivity index (χ1) is 24.2. The number of benzene rings is 5. The summed E-state index contributed by atoms with van der Waals surface area (Å²) in [6, 6.07) is 40.4. The van der Waals surface area contributed by atoms with E-state index in [1.54, 1.807) is 6.20 Å². The minimum atomic E-state index is 0.0586. The molecule has 2 aliphatic carbocycles. The Morgan fingerprint density at radius 3 is 2.10 bits per heavy atom. The Bertz CT molecular complexity index is 2520. The normalized spacial score (nSPS) is 16.5. The fraction of sp³-hybridized carbons (Fsp3) is 0.0455. The van der Waals surface area contributed by atoms with E-state index in [9.17, 15) is 0 Å². The van der Waals surface area contributed by atoms with Crippen LogP contribution >= 0.6 is 0 Å². The number of aromatic nitrogens is 2. The van der Waals surface area contributed by atoms with Crippen molar-refractivity contribution in [3.63, 3.8) is 0 Å². The molecule has 5 heteroatoms. The van der Waals surface area contributed by atoms with Crippen LogP contribution in [0.5, 0.6) is 0 Å². The van der Waals surface area contributed by atoms with Crippen LogP contribution in [0.25, 0.3) is 54.7 Å². The summed E-state index contributed by atoms with van der Waals surface area (Å²) in [5.41, 5.74) is 14.7. The van der Waals surface area contributed by atoms with Crippen LogP contribution in [0.3, 0.4) is 0 Å². The molecule has 3 N–H and O–H groups in total. The molecule has 7 aromatic rings. The van der Waals surface area contributed by atoms with Crippen LogP contribution in [0.15, 0.2) is 163 Å². The van der Waals surface area contributed by atoms with Gasteiger partial charge in [-0.3, -0.25) is 15.4 Å². The van der Waals surface area contributed by atoms with E-state index in [2.05, 4.69) is 138 Å². The maximum absolute atomic E-state index is 6.92. The Morgan fingerprint density at radius 1 is 0.694 bits per heavy atom. The Hall–Kier alpha value is -6.46. The number of para-hydroxylation sites is 1. The van der Waals surface area contributed by atoms with E-state index in [-0.39, 0.29) is 6.04 Å². The van der Waals surface area contributed by atoms with Crippen molar-refractivity contribution in [2.75, 3.05) is 0 Å². The molecule has 0 fully saturated rings. The first-order valence-corrected chi connectivity index (χ1v) is 16.6. The summed E-state index contributed by atoms with van der Waals surface area (Å²) in [6.07, 6.45) is 15.1. The molecule has 49 heavy (non-hydrogen) atoms. The first-order valence-electron chi connectivity index (χ1n) is 16.6. The van der Waals surface area contributed by atoms with Crippen LogP contribution < -0.4 is 10.8 Å². The second-order valence-corrected chi connectivity index (χ2v) is 12.5. The third kappa shape index (κ3) is 5.04. The number of rotatable bonds is 5. The van der Waals surface area contributed by atoms with E-state index >= 15 is 0 Å². The number of nitrogens with zero attached hydrogens (tertiary/aromatic N) is 3. The van der Waals surface area contributed by atoms with Gasteiger partial charge in [-0.05, 0) is 79.6 Å². The van der Waals surface area contributed by atoms with Gasteiger partial charge in [0, 0.05) is 41.2 Å². The maximum atomic E-state index is 6.92. The minimum absolute atomic E-state index is 0.0586. The monoisotopic (exact) mass is 630 g/mol. The smallest absolute Gasteiger partial charge is 0.225 e. The van der Waals surface area contributed by atoms with Gasteiger partial charge in [-0.25, -0.2) is 0 Å². The van der Waals surface area contributed by atoms with Crippen LogP contribution in [0, 0.1) is 0 Å². The summed E-state index contributed by atoms with van der Waals surface area (Å²) >= 11 is 0. The van der Waals surface area contributed by atoms with E-state index in [1.807, 2.05) is 24.5 Å². The molecule has 0 spiro atoms. The predicted molar refractivity (Wildman–Crippen MR) is 202 cm³/mol. The van der Waals surface area contributed by atoms with Crippen molar-refractivity contribution >= 4 is 55.0 Å². The Morgan fingerprint density at radius 2 is 1.39 bits per heavy atom. The van der Waals surface area contributed by atoms with Crippen molar-refractivity contribution in [1.29, 1.82) is 0 Å². The van der Waals surface area contributed by atoms with Crippen molar-refractivity contribution in [3.8, 4) is 11.1 Å². The molecule has 0 aliphatic heterocycles. The van der Waals surface area contributed by atoms with Gasteiger partial charge in [0.15, 0.2) is 5.71 Å². The third-order valence-corrected chi connectivity index (χ3v) is 9.56. The quantitative estimate of drug-likeness (QED) is 0.150. The van der Waals surface area contributed by atoms with Crippen LogP contribution in [-0.4, -0.2) is 27.4 Å². The number of allylic oxidation sites excluding steroid dienone is 3.